The van der Waals surface area contributed by atoms with Crippen molar-refractivity contribution in [3.8, 4) is 0 Å². The largest absolute Gasteiger partial charge is 0.311 e. The molecule has 0 amide bonds. The number of likely N-dealkylation sites (N-methyl/N-ethyl adjacent to an activating group) is 1. The van der Waals surface area contributed by atoms with Crippen LogP contribution in [0.25, 0.3) is 0 Å². The number of rotatable bonds is 4. The zero-order valence-corrected chi connectivity index (χ0v) is 9.76. The molecule has 1 unspecified atom stereocenters. The van der Waals surface area contributed by atoms with Crippen molar-refractivity contribution in [3.05, 3.63) is 12.2 Å². The summed E-state index contributed by atoms with van der Waals surface area (Å²) in [6.45, 7) is 5.46. The standard InChI is InChI=1S/C13H25N/c1-3-14-12(2)10-11-13-8-6-4-5-7-9-13/h10-14H,3-9H2,1-2H3/b11-10+. The van der Waals surface area contributed by atoms with Crippen molar-refractivity contribution < 1.29 is 0 Å². The molecule has 1 nitrogen and oxygen atoms in total. The van der Waals surface area contributed by atoms with E-state index in [0.29, 0.717) is 6.04 Å². The Morgan fingerprint density at radius 3 is 2.43 bits per heavy atom. The molecule has 0 saturated heterocycles. The first-order valence-electron chi connectivity index (χ1n) is 6.24. The van der Waals surface area contributed by atoms with Gasteiger partial charge in [-0.3, -0.25) is 0 Å². The van der Waals surface area contributed by atoms with Gasteiger partial charge in [-0.15, -0.1) is 0 Å². The molecule has 0 radical (unpaired) electrons. The molecule has 0 bridgehead atoms. The predicted octanol–water partition coefficient (Wildman–Crippen LogP) is 3.51. The molecular weight excluding hydrogens is 170 g/mol. The summed E-state index contributed by atoms with van der Waals surface area (Å²) in [5.41, 5.74) is 0. The fraction of sp³-hybridized carbons (Fsp3) is 0.846. The summed E-state index contributed by atoms with van der Waals surface area (Å²) in [6, 6.07) is 0.545. The molecule has 1 N–H and O–H groups in total. The van der Waals surface area contributed by atoms with Crippen LogP contribution < -0.4 is 5.32 Å². The molecule has 0 aromatic rings. The normalized spacial score (nSPS) is 22.4. The van der Waals surface area contributed by atoms with Crippen molar-refractivity contribution in [3.63, 3.8) is 0 Å². The molecule has 1 atom stereocenters. The molecular formula is C13H25N. The number of nitrogens with one attached hydrogen (secondary N) is 1. The van der Waals surface area contributed by atoms with Gasteiger partial charge >= 0.3 is 0 Å². The van der Waals surface area contributed by atoms with E-state index >= 15 is 0 Å². The average molecular weight is 195 g/mol. The number of allylic oxidation sites excluding steroid dienone is 1. The van der Waals surface area contributed by atoms with E-state index in [-0.39, 0.29) is 0 Å². The van der Waals surface area contributed by atoms with E-state index in [0.717, 1.165) is 12.5 Å². The lowest BCUT2D eigenvalue weighted by Crippen LogP contribution is -2.23. The van der Waals surface area contributed by atoms with Gasteiger partial charge in [0.25, 0.3) is 0 Å². The van der Waals surface area contributed by atoms with Crippen molar-refractivity contribution in [2.24, 2.45) is 5.92 Å². The molecule has 1 saturated carbocycles. The van der Waals surface area contributed by atoms with Crippen LogP contribution >= 0.6 is 0 Å². The Labute approximate surface area is 89.0 Å². The van der Waals surface area contributed by atoms with Crippen molar-refractivity contribution in [1.82, 2.24) is 5.32 Å². The van der Waals surface area contributed by atoms with Crippen molar-refractivity contribution in [1.29, 1.82) is 0 Å². The molecule has 14 heavy (non-hydrogen) atoms. The second-order valence-electron chi connectivity index (χ2n) is 4.48. The van der Waals surface area contributed by atoms with E-state index in [1.807, 2.05) is 0 Å². The highest BCUT2D eigenvalue weighted by Gasteiger charge is 2.08. The van der Waals surface area contributed by atoms with Crippen LogP contribution in [0.15, 0.2) is 12.2 Å². The number of hydrogen-bond acceptors (Lipinski definition) is 1. The SMILES string of the molecule is CCNC(C)/C=C/C1CCCCCC1. The summed E-state index contributed by atoms with van der Waals surface area (Å²) < 4.78 is 0. The number of hydrogen-bond donors (Lipinski definition) is 1. The molecule has 0 aliphatic heterocycles. The van der Waals surface area contributed by atoms with Crippen molar-refractivity contribution >= 4 is 0 Å². The summed E-state index contributed by atoms with van der Waals surface area (Å²) in [5, 5.41) is 3.41. The third-order valence-corrected chi connectivity index (χ3v) is 3.10. The summed E-state index contributed by atoms with van der Waals surface area (Å²) in [6.07, 6.45) is 13.4. The first-order chi connectivity index (χ1) is 6.83. The summed E-state index contributed by atoms with van der Waals surface area (Å²) in [7, 11) is 0. The van der Waals surface area contributed by atoms with Gasteiger partial charge in [0.05, 0.1) is 0 Å². The van der Waals surface area contributed by atoms with Crippen LogP contribution in [0, 0.1) is 5.92 Å². The smallest absolute Gasteiger partial charge is 0.0221 e. The minimum Gasteiger partial charge on any atom is -0.311 e. The van der Waals surface area contributed by atoms with Gasteiger partial charge < -0.3 is 5.32 Å². The molecule has 1 rings (SSSR count). The molecule has 1 aliphatic carbocycles. The van der Waals surface area contributed by atoms with E-state index in [9.17, 15) is 0 Å². The molecule has 1 heteroatoms. The summed E-state index contributed by atoms with van der Waals surface area (Å²) in [5.74, 6) is 0.860. The van der Waals surface area contributed by atoms with E-state index in [1.165, 1.54) is 38.5 Å². The van der Waals surface area contributed by atoms with Gasteiger partial charge in [-0.05, 0) is 32.2 Å². The minimum absolute atomic E-state index is 0.545. The lowest BCUT2D eigenvalue weighted by molar-refractivity contribution is 0.552. The maximum Gasteiger partial charge on any atom is 0.0221 e. The van der Waals surface area contributed by atoms with Gasteiger partial charge in [0, 0.05) is 6.04 Å². The highest BCUT2D eigenvalue weighted by Crippen LogP contribution is 2.23. The highest BCUT2D eigenvalue weighted by atomic mass is 14.9. The Balaban J connectivity index is 2.26. The van der Waals surface area contributed by atoms with Gasteiger partial charge in [-0.25, -0.2) is 0 Å². The molecule has 0 aromatic heterocycles. The van der Waals surface area contributed by atoms with Crippen LogP contribution in [-0.4, -0.2) is 12.6 Å². The summed E-state index contributed by atoms with van der Waals surface area (Å²) >= 11 is 0. The topological polar surface area (TPSA) is 12.0 Å². The first-order valence-corrected chi connectivity index (χ1v) is 6.24. The second kappa shape index (κ2) is 7.05. The molecule has 0 aromatic carbocycles. The lowest BCUT2D eigenvalue weighted by atomic mass is 9.99. The van der Waals surface area contributed by atoms with E-state index < -0.39 is 0 Å². The Hall–Kier alpha value is -0.300. The molecule has 82 valence electrons. The van der Waals surface area contributed by atoms with Gasteiger partial charge in [0.2, 0.25) is 0 Å². The van der Waals surface area contributed by atoms with Gasteiger partial charge in [0.15, 0.2) is 0 Å². The molecule has 0 spiro atoms. The van der Waals surface area contributed by atoms with Crippen molar-refractivity contribution in [2.45, 2.75) is 58.4 Å². The van der Waals surface area contributed by atoms with Crippen LogP contribution in [-0.2, 0) is 0 Å². The Bertz CT molecular complexity index is 155. The van der Waals surface area contributed by atoms with Gasteiger partial charge in [0.1, 0.15) is 0 Å². The maximum absolute atomic E-state index is 3.41. The van der Waals surface area contributed by atoms with Gasteiger partial charge in [-0.1, -0.05) is 44.8 Å². The van der Waals surface area contributed by atoms with Crippen LogP contribution in [0.5, 0.6) is 0 Å². The van der Waals surface area contributed by atoms with E-state index in [2.05, 4.69) is 31.3 Å². The fourth-order valence-electron chi connectivity index (χ4n) is 2.22. The molecule has 1 fully saturated rings. The monoisotopic (exact) mass is 195 g/mol. The third-order valence-electron chi connectivity index (χ3n) is 3.10. The Morgan fingerprint density at radius 2 is 1.86 bits per heavy atom. The van der Waals surface area contributed by atoms with E-state index in [4.69, 9.17) is 0 Å². The van der Waals surface area contributed by atoms with Crippen LogP contribution in [0.2, 0.25) is 0 Å². The first kappa shape index (κ1) is 11.8. The zero-order valence-electron chi connectivity index (χ0n) is 9.76. The third kappa shape index (κ3) is 4.80. The summed E-state index contributed by atoms with van der Waals surface area (Å²) in [4.78, 5) is 0. The second-order valence-corrected chi connectivity index (χ2v) is 4.48. The van der Waals surface area contributed by atoms with Crippen molar-refractivity contribution in [2.75, 3.05) is 6.54 Å². The average Bonchev–Trinajstić information content (AvgIpc) is 2.43. The molecule has 1 aliphatic rings. The highest BCUT2D eigenvalue weighted by molar-refractivity contribution is 4.95. The minimum atomic E-state index is 0.545. The fourth-order valence-corrected chi connectivity index (χ4v) is 2.22. The van der Waals surface area contributed by atoms with Gasteiger partial charge in [-0.2, -0.15) is 0 Å². The van der Waals surface area contributed by atoms with Crippen LogP contribution in [0.1, 0.15) is 52.4 Å². The quantitative estimate of drug-likeness (QED) is 0.534. The Morgan fingerprint density at radius 1 is 1.21 bits per heavy atom. The Kier molecular flexibility index (Phi) is 5.93. The lowest BCUT2D eigenvalue weighted by Gasteiger charge is -2.10. The van der Waals surface area contributed by atoms with Crippen LogP contribution in [0.3, 0.4) is 0 Å². The van der Waals surface area contributed by atoms with Crippen LogP contribution in [0.4, 0.5) is 0 Å². The van der Waals surface area contributed by atoms with E-state index in [1.54, 1.807) is 0 Å². The predicted molar refractivity (Wildman–Crippen MR) is 63.5 cm³/mol. The molecule has 0 heterocycles. The zero-order chi connectivity index (χ0) is 10.2. The maximum atomic E-state index is 3.41.